The summed E-state index contributed by atoms with van der Waals surface area (Å²) in [6.07, 6.45) is 2.72. The van der Waals surface area contributed by atoms with E-state index in [1.807, 2.05) is 61.7 Å². The Morgan fingerprint density at radius 2 is 1.88 bits per heavy atom. The van der Waals surface area contributed by atoms with Gasteiger partial charge in [0, 0.05) is 31.9 Å². The number of rotatable bonds is 7. The molecule has 5 nitrogen and oxygen atoms in total. The van der Waals surface area contributed by atoms with E-state index in [-0.39, 0.29) is 30.1 Å². The van der Waals surface area contributed by atoms with Gasteiger partial charge in [0.2, 0.25) is 0 Å². The van der Waals surface area contributed by atoms with Crippen LogP contribution in [0.2, 0.25) is 0 Å². The number of ether oxygens (including phenoxy) is 1. The Morgan fingerprint density at radius 1 is 1.12 bits per heavy atom. The van der Waals surface area contributed by atoms with Crippen LogP contribution in [0.25, 0.3) is 0 Å². The Hall–Kier alpha value is -1.83. The second-order valence-electron chi connectivity index (χ2n) is 5.19. The van der Waals surface area contributed by atoms with Gasteiger partial charge >= 0.3 is 0 Å². The fourth-order valence-corrected chi connectivity index (χ4v) is 2.09. The van der Waals surface area contributed by atoms with Crippen LogP contribution in [-0.4, -0.2) is 37.2 Å². The first-order valence-corrected chi connectivity index (χ1v) is 7.84. The van der Waals surface area contributed by atoms with Crippen LogP contribution in [0.5, 0.6) is 5.75 Å². The van der Waals surface area contributed by atoms with Crippen LogP contribution >= 0.6 is 24.0 Å². The molecule has 2 rings (SSSR count). The number of hydrogen-bond donors (Lipinski definition) is 2. The summed E-state index contributed by atoms with van der Waals surface area (Å²) >= 11 is 0. The van der Waals surface area contributed by atoms with E-state index in [4.69, 9.17) is 4.74 Å². The predicted octanol–water partition coefficient (Wildman–Crippen LogP) is 2.87. The number of nitrogens with zero attached hydrogens (tertiary/aromatic N) is 2. The molecule has 0 aliphatic heterocycles. The van der Waals surface area contributed by atoms with Crippen molar-refractivity contribution in [3.63, 3.8) is 0 Å². The second-order valence-corrected chi connectivity index (χ2v) is 5.19. The largest absolute Gasteiger partial charge is 0.489 e. The first kappa shape index (κ1) is 20.2. The number of para-hydroxylation sites is 1. The normalized spacial score (nSPS) is 12.0. The Bertz CT molecular complexity index is 592. The van der Waals surface area contributed by atoms with Gasteiger partial charge in [-0.25, -0.2) is 0 Å². The molecule has 0 saturated heterocycles. The summed E-state index contributed by atoms with van der Waals surface area (Å²) in [5.74, 6) is 1.64. The number of benzene rings is 1. The Kier molecular flexibility index (Phi) is 9.83. The molecule has 0 spiro atoms. The summed E-state index contributed by atoms with van der Waals surface area (Å²) in [7, 11) is 1.76. The number of aromatic nitrogens is 1. The van der Waals surface area contributed by atoms with E-state index in [1.54, 1.807) is 7.05 Å². The third-order valence-corrected chi connectivity index (χ3v) is 3.26. The molecule has 0 saturated carbocycles. The number of hydrogen-bond acceptors (Lipinski definition) is 3. The lowest BCUT2D eigenvalue weighted by Gasteiger charge is -2.17. The highest BCUT2D eigenvalue weighted by Gasteiger charge is 2.05. The van der Waals surface area contributed by atoms with E-state index < -0.39 is 0 Å². The van der Waals surface area contributed by atoms with E-state index >= 15 is 0 Å². The number of halogens is 1. The molecule has 0 bridgehead atoms. The van der Waals surface area contributed by atoms with E-state index in [2.05, 4.69) is 20.6 Å². The van der Waals surface area contributed by atoms with Gasteiger partial charge in [0.15, 0.2) is 5.96 Å². The third kappa shape index (κ3) is 7.63. The fourth-order valence-electron chi connectivity index (χ4n) is 2.09. The summed E-state index contributed by atoms with van der Waals surface area (Å²) in [4.78, 5) is 8.52. The molecular weight excluding hydrogens is 415 g/mol. The van der Waals surface area contributed by atoms with Crippen LogP contribution in [0, 0.1) is 0 Å². The quantitative estimate of drug-likeness (QED) is 0.395. The van der Waals surface area contributed by atoms with Gasteiger partial charge in [-0.05, 0) is 31.2 Å². The average Bonchev–Trinajstić information content (AvgIpc) is 2.59. The van der Waals surface area contributed by atoms with Gasteiger partial charge in [0.1, 0.15) is 11.9 Å². The minimum absolute atomic E-state index is 0. The monoisotopic (exact) mass is 440 g/mol. The van der Waals surface area contributed by atoms with Crippen LogP contribution in [0.3, 0.4) is 0 Å². The van der Waals surface area contributed by atoms with Gasteiger partial charge in [-0.3, -0.25) is 9.98 Å². The molecule has 1 aromatic carbocycles. The Morgan fingerprint density at radius 3 is 2.54 bits per heavy atom. The van der Waals surface area contributed by atoms with Gasteiger partial charge < -0.3 is 15.4 Å². The maximum absolute atomic E-state index is 5.83. The van der Waals surface area contributed by atoms with Gasteiger partial charge in [-0.15, -0.1) is 24.0 Å². The smallest absolute Gasteiger partial charge is 0.191 e. The molecular formula is C18H25IN4O. The molecule has 0 amide bonds. The van der Waals surface area contributed by atoms with Crippen LogP contribution in [0.1, 0.15) is 12.6 Å². The van der Waals surface area contributed by atoms with Crippen molar-refractivity contribution in [2.45, 2.75) is 19.4 Å². The molecule has 0 aliphatic carbocycles. The van der Waals surface area contributed by atoms with Crippen molar-refractivity contribution in [3.8, 4) is 5.75 Å². The summed E-state index contributed by atoms with van der Waals surface area (Å²) in [6.45, 7) is 3.49. The minimum atomic E-state index is 0. The van der Waals surface area contributed by atoms with Crippen molar-refractivity contribution >= 4 is 29.9 Å². The van der Waals surface area contributed by atoms with Crippen molar-refractivity contribution in [2.24, 2.45) is 4.99 Å². The van der Waals surface area contributed by atoms with Gasteiger partial charge in [-0.2, -0.15) is 0 Å². The van der Waals surface area contributed by atoms with Gasteiger partial charge in [-0.1, -0.05) is 24.3 Å². The van der Waals surface area contributed by atoms with E-state index in [1.165, 1.54) is 0 Å². The summed E-state index contributed by atoms with van der Waals surface area (Å²) < 4.78 is 5.83. The number of nitrogens with one attached hydrogen (secondary N) is 2. The van der Waals surface area contributed by atoms with Crippen LogP contribution < -0.4 is 15.4 Å². The lowest BCUT2D eigenvalue weighted by atomic mass is 10.3. The lowest BCUT2D eigenvalue weighted by Crippen LogP contribution is -2.42. The molecule has 1 atom stereocenters. The van der Waals surface area contributed by atoms with Gasteiger partial charge in [0.25, 0.3) is 0 Å². The van der Waals surface area contributed by atoms with E-state index in [0.717, 1.165) is 30.4 Å². The van der Waals surface area contributed by atoms with Crippen LogP contribution in [0.4, 0.5) is 0 Å². The highest BCUT2D eigenvalue weighted by atomic mass is 127. The number of guanidine groups is 1. The SMILES string of the molecule is CN=C(NCCc1ccccn1)NCC(C)Oc1ccccc1.I. The maximum Gasteiger partial charge on any atom is 0.191 e. The molecule has 1 aromatic heterocycles. The van der Waals surface area contributed by atoms with Gasteiger partial charge in [0.05, 0.1) is 6.54 Å². The molecule has 1 unspecified atom stereocenters. The standard InChI is InChI=1S/C18H24N4O.HI/c1-15(23-17-9-4-3-5-10-17)14-22-18(19-2)21-13-11-16-8-6-7-12-20-16;/h3-10,12,15H,11,13-14H2,1-2H3,(H2,19,21,22);1H. The summed E-state index contributed by atoms with van der Waals surface area (Å²) in [5, 5.41) is 6.55. The lowest BCUT2D eigenvalue weighted by molar-refractivity contribution is 0.224. The fraction of sp³-hybridized carbons (Fsp3) is 0.333. The highest BCUT2D eigenvalue weighted by molar-refractivity contribution is 14.0. The molecule has 6 heteroatoms. The number of aliphatic imine (C=N–C) groups is 1. The zero-order chi connectivity index (χ0) is 16.3. The molecule has 1 heterocycles. The highest BCUT2D eigenvalue weighted by Crippen LogP contribution is 2.10. The molecule has 2 N–H and O–H groups in total. The van der Waals surface area contributed by atoms with Crippen molar-refractivity contribution in [2.75, 3.05) is 20.1 Å². The average molecular weight is 440 g/mol. The first-order valence-electron chi connectivity index (χ1n) is 7.84. The molecule has 0 aliphatic rings. The van der Waals surface area contributed by atoms with Crippen molar-refractivity contribution in [1.29, 1.82) is 0 Å². The molecule has 2 aromatic rings. The first-order chi connectivity index (χ1) is 11.3. The zero-order valence-corrected chi connectivity index (χ0v) is 16.4. The van der Waals surface area contributed by atoms with E-state index in [0.29, 0.717) is 6.54 Å². The van der Waals surface area contributed by atoms with Crippen molar-refractivity contribution in [1.82, 2.24) is 15.6 Å². The molecule has 130 valence electrons. The molecule has 0 fully saturated rings. The second kappa shape index (κ2) is 11.7. The summed E-state index contributed by atoms with van der Waals surface area (Å²) in [6, 6.07) is 15.8. The summed E-state index contributed by atoms with van der Waals surface area (Å²) in [5.41, 5.74) is 1.07. The van der Waals surface area contributed by atoms with Crippen LogP contribution in [-0.2, 0) is 6.42 Å². The minimum Gasteiger partial charge on any atom is -0.489 e. The Labute approximate surface area is 161 Å². The maximum atomic E-state index is 5.83. The number of pyridine rings is 1. The zero-order valence-electron chi connectivity index (χ0n) is 14.1. The van der Waals surface area contributed by atoms with E-state index in [9.17, 15) is 0 Å². The van der Waals surface area contributed by atoms with Crippen LogP contribution in [0.15, 0.2) is 59.7 Å². The predicted molar refractivity (Wildman–Crippen MR) is 109 cm³/mol. The molecule has 24 heavy (non-hydrogen) atoms. The Balaban J connectivity index is 0.00000288. The van der Waals surface area contributed by atoms with Crippen molar-refractivity contribution in [3.05, 3.63) is 60.4 Å². The third-order valence-electron chi connectivity index (χ3n) is 3.26. The van der Waals surface area contributed by atoms with Crippen molar-refractivity contribution < 1.29 is 4.74 Å². The topological polar surface area (TPSA) is 58.5 Å². The molecule has 0 radical (unpaired) electrons.